The summed E-state index contributed by atoms with van der Waals surface area (Å²) < 4.78 is 55.6. The van der Waals surface area contributed by atoms with E-state index in [0.717, 1.165) is 0 Å². The SMILES string of the molecule is COCCOCCOc1ccc(I(=O)=O)cc1.NS(N)(=O)=O. The summed E-state index contributed by atoms with van der Waals surface area (Å²) >= 11 is -3.35. The predicted molar refractivity (Wildman–Crippen MR) is 86.0 cm³/mol. The molecule has 0 unspecified atom stereocenters. The van der Waals surface area contributed by atoms with E-state index in [1.807, 2.05) is 0 Å². The smallest absolute Gasteiger partial charge is 0.340 e. The molecule has 1 aromatic rings. The molecule has 1 rings (SSSR count). The van der Waals surface area contributed by atoms with E-state index in [4.69, 9.17) is 14.2 Å². The van der Waals surface area contributed by atoms with Crippen molar-refractivity contribution >= 4 is 30.0 Å². The second kappa shape index (κ2) is 11.7. The first-order valence-corrected chi connectivity index (χ1v) is 10.3. The van der Waals surface area contributed by atoms with Crippen LogP contribution in [0.25, 0.3) is 0 Å². The van der Waals surface area contributed by atoms with Crippen molar-refractivity contribution in [3.05, 3.63) is 27.8 Å². The number of rotatable bonds is 8. The number of hydrogen-bond acceptors (Lipinski definition) is 7. The van der Waals surface area contributed by atoms with E-state index in [-0.39, 0.29) is 0 Å². The minimum atomic E-state index is -3.67. The highest BCUT2D eigenvalue weighted by molar-refractivity contribution is 14.2. The first kappa shape index (κ1) is 21.1. The predicted octanol–water partition coefficient (Wildman–Crippen LogP) is 0.244. The lowest BCUT2D eigenvalue weighted by Crippen LogP contribution is -2.21. The van der Waals surface area contributed by atoms with Crippen LogP contribution in [0.2, 0.25) is 0 Å². The van der Waals surface area contributed by atoms with Gasteiger partial charge in [-0.1, -0.05) is 0 Å². The fourth-order valence-electron chi connectivity index (χ4n) is 1.10. The van der Waals surface area contributed by atoms with Crippen LogP contribution >= 0.6 is 19.8 Å². The third-order valence-corrected chi connectivity index (χ3v) is 3.66. The number of hydrogen-bond donors (Lipinski definition) is 2. The Labute approximate surface area is 136 Å². The van der Waals surface area contributed by atoms with Crippen molar-refractivity contribution < 1.29 is 28.8 Å². The van der Waals surface area contributed by atoms with Crippen LogP contribution in [0.15, 0.2) is 24.3 Å². The molecule has 0 saturated heterocycles. The summed E-state index contributed by atoms with van der Waals surface area (Å²) in [6.45, 7) is 2.01. The molecule has 1 aromatic carbocycles. The zero-order chi connectivity index (χ0) is 17.0. The van der Waals surface area contributed by atoms with E-state index in [0.29, 0.717) is 35.7 Å². The van der Waals surface area contributed by atoms with Gasteiger partial charge in [-0.15, -0.1) is 0 Å². The van der Waals surface area contributed by atoms with E-state index in [2.05, 4.69) is 10.3 Å². The van der Waals surface area contributed by atoms with Gasteiger partial charge < -0.3 is 14.2 Å². The van der Waals surface area contributed by atoms with Crippen molar-refractivity contribution in [3.8, 4) is 5.75 Å². The van der Waals surface area contributed by atoms with Gasteiger partial charge in [0.15, 0.2) is 0 Å². The Hall–Kier alpha value is -0.860. The molecule has 4 N–H and O–H groups in total. The molecular weight excluding hydrogens is 431 g/mol. The summed E-state index contributed by atoms with van der Waals surface area (Å²) in [4.78, 5) is 0. The molecule has 0 bridgehead atoms. The van der Waals surface area contributed by atoms with Gasteiger partial charge >= 0.3 is 19.8 Å². The Morgan fingerprint density at radius 1 is 1.00 bits per heavy atom. The number of benzene rings is 1. The lowest BCUT2D eigenvalue weighted by molar-refractivity contribution is 0.0544. The fourth-order valence-corrected chi connectivity index (χ4v) is 2.04. The van der Waals surface area contributed by atoms with Crippen LogP contribution in [0.5, 0.6) is 5.75 Å². The average Bonchev–Trinajstić information content (AvgIpc) is 2.41. The molecule has 11 heteroatoms. The van der Waals surface area contributed by atoms with Crippen LogP contribution < -0.4 is 15.0 Å². The average molecular weight is 450 g/mol. The maximum atomic E-state index is 10.7. The van der Waals surface area contributed by atoms with Gasteiger partial charge in [0.05, 0.1) is 23.4 Å². The van der Waals surface area contributed by atoms with Crippen LogP contribution in [-0.2, 0) is 25.8 Å². The Morgan fingerprint density at radius 3 is 1.95 bits per heavy atom. The number of nitrogens with two attached hydrogens (primary N) is 2. The van der Waals surface area contributed by atoms with E-state index in [1.165, 1.54) is 0 Å². The fraction of sp³-hybridized carbons (Fsp3) is 0.455. The third kappa shape index (κ3) is 14.1. The second-order valence-electron chi connectivity index (χ2n) is 3.71. The number of ether oxygens (including phenoxy) is 3. The van der Waals surface area contributed by atoms with Crippen LogP contribution in [0.3, 0.4) is 0 Å². The van der Waals surface area contributed by atoms with Gasteiger partial charge in [0, 0.05) is 7.11 Å². The largest absolute Gasteiger partial charge is 0.491 e. The van der Waals surface area contributed by atoms with E-state index < -0.39 is 30.0 Å². The quantitative estimate of drug-likeness (QED) is 0.426. The van der Waals surface area contributed by atoms with Crippen molar-refractivity contribution in [2.24, 2.45) is 10.3 Å². The van der Waals surface area contributed by atoms with Crippen LogP contribution in [0.4, 0.5) is 0 Å². The van der Waals surface area contributed by atoms with Gasteiger partial charge in [-0.3, -0.25) is 0 Å². The molecular formula is C11H19IN2O7S. The molecule has 0 aliphatic carbocycles. The highest BCUT2D eigenvalue weighted by Crippen LogP contribution is 2.20. The lowest BCUT2D eigenvalue weighted by Gasteiger charge is -2.06. The van der Waals surface area contributed by atoms with Gasteiger partial charge in [0.1, 0.15) is 12.4 Å². The third-order valence-electron chi connectivity index (χ3n) is 1.92. The van der Waals surface area contributed by atoms with Gasteiger partial charge in [-0.2, -0.15) is 8.42 Å². The molecule has 0 aliphatic rings. The van der Waals surface area contributed by atoms with Gasteiger partial charge in [-0.25, -0.2) is 16.4 Å². The summed E-state index contributed by atoms with van der Waals surface area (Å²) in [5.41, 5.74) is 0. The van der Waals surface area contributed by atoms with Crippen molar-refractivity contribution in [2.45, 2.75) is 0 Å². The maximum Gasteiger partial charge on any atom is 0.340 e. The summed E-state index contributed by atoms with van der Waals surface area (Å²) in [5.74, 6) is 0.641. The lowest BCUT2D eigenvalue weighted by atomic mass is 10.3. The first-order chi connectivity index (χ1) is 10.2. The Morgan fingerprint density at radius 2 is 1.50 bits per heavy atom. The molecule has 0 aliphatic heterocycles. The van der Waals surface area contributed by atoms with Gasteiger partial charge in [-0.05, 0) is 24.3 Å². The van der Waals surface area contributed by atoms with Gasteiger partial charge in [0.2, 0.25) is 0 Å². The standard InChI is InChI=1S/C11H15IO5.H4N2O2S/c1-15-6-7-16-8-9-17-11-4-2-10(3-5-11)12(13)14;1-5(2,3)4/h2-5H,6-9H2,1H3;(H4,1,2,3,4). The zero-order valence-electron chi connectivity index (χ0n) is 11.9. The minimum absolute atomic E-state index is 0.373. The summed E-state index contributed by atoms with van der Waals surface area (Å²) in [6.07, 6.45) is 0. The Bertz CT molecular complexity index is 571. The van der Waals surface area contributed by atoms with E-state index in [9.17, 15) is 14.6 Å². The summed E-state index contributed by atoms with van der Waals surface area (Å²) in [6, 6.07) is 6.38. The zero-order valence-corrected chi connectivity index (χ0v) is 14.9. The molecule has 0 radical (unpaired) electrons. The highest BCUT2D eigenvalue weighted by Gasteiger charge is 1.99. The molecule has 9 nitrogen and oxygen atoms in total. The summed E-state index contributed by atoms with van der Waals surface area (Å²) in [5, 5.41) is 8.21. The van der Waals surface area contributed by atoms with E-state index in [1.54, 1.807) is 31.4 Å². The number of halogens is 1. The second-order valence-corrected chi connectivity index (χ2v) is 7.38. The molecule has 128 valence electrons. The number of methoxy groups -OCH3 is 1. The van der Waals surface area contributed by atoms with Crippen LogP contribution in [0, 0.1) is 3.57 Å². The first-order valence-electron chi connectivity index (χ1n) is 5.89. The summed E-state index contributed by atoms with van der Waals surface area (Å²) in [7, 11) is -2.05. The van der Waals surface area contributed by atoms with Crippen molar-refractivity contribution in [1.29, 1.82) is 0 Å². The highest BCUT2D eigenvalue weighted by atomic mass is 127. The maximum absolute atomic E-state index is 10.7. The van der Waals surface area contributed by atoms with Gasteiger partial charge in [0.25, 0.3) is 10.2 Å². The van der Waals surface area contributed by atoms with Crippen molar-refractivity contribution in [1.82, 2.24) is 0 Å². The molecule has 0 heterocycles. The molecule has 0 amide bonds. The molecule has 0 fully saturated rings. The molecule has 22 heavy (non-hydrogen) atoms. The Kier molecular flexibility index (Phi) is 11.2. The van der Waals surface area contributed by atoms with E-state index >= 15 is 0 Å². The monoisotopic (exact) mass is 450 g/mol. The molecule has 0 aromatic heterocycles. The van der Waals surface area contributed by atoms with Crippen LogP contribution in [0.1, 0.15) is 0 Å². The molecule has 0 atom stereocenters. The normalized spacial score (nSPS) is 10.9. The molecule has 0 spiro atoms. The molecule has 0 saturated carbocycles. The van der Waals surface area contributed by atoms with Crippen LogP contribution in [-0.4, -0.2) is 42.0 Å². The Balaban J connectivity index is 0.000000763. The topological polar surface area (TPSA) is 148 Å². The van der Waals surface area contributed by atoms with Crippen molar-refractivity contribution in [2.75, 3.05) is 33.5 Å². The van der Waals surface area contributed by atoms with Crippen molar-refractivity contribution in [3.63, 3.8) is 0 Å². The minimum Gasteiger partial charge on any atom is -0.491 e.